The van der Waals surface area contributed by atoms with Gasteiger partial charge in [0.25, 0.3) is 0 Å². The van der Waals surface area contributed by atoms with Gasteiger partial charge in [0, 0.05) is 58.1 Å². The van der Waals surface area contributed by atoms with Gasteiger partial charge >= 0.3 is 0 Å². The fraction of sp³-hybridized carbons (Fsp3) is 0.500. The Hall–Kier alpha value is -2.29. The Morgan fingerprint density at radius 3 is 2.00 bits per heavy atom. The molecule has 8 heteroatoms. The molecule has 0 bridgehead atoms. The van der Waals surface area contributed by atoms with Gasteiger partial charge in [-0.1, -0.05) is 0 Å². The molecule has 0 radical (unpaired) electrons. The molecule has 3 rings (SSSR count). The van der Waals surface area contributed by atoms with Crippen LogP contribution in [-0.2, 0) is 21.4 Å². The van der Waals surface area contributed by atoms with Crippen LogP contribution < -0.4 is 4.72 Å². The number of sulfonamides is 1. The third kappa shape index (κ3) is 5.36. The zero-order valence-electron chi connectivity index (χ0n) is 19.7. The second-order valence-corrected chi connectivity index (χ2v) is 10.3. The number of hydrogen-bond acceptors (Lipinski definition) is 5. The van der Waals surface area contributed by atoms with E-state index in [1.165, 1.54) is 5.56 Å². The smallest absolute Gasteiger partial charge is 0.241 e. The minimum atomic E-state index is -3.69. The Balaban J connectivity index is 1.53. The first-order valence-corrected chi connectivity index (χ1v) is 12.6. The van der Waals surface area contributed by atoms with Crippen LogP contribution in [-0.4, -0.2) is 61.8 Å². The van der Waals surface area contributed by atoms with Gasteiger partial charge in [-0.2, -0.15) is 0 Å². The van der Waals surface area contributed by atoms with Crippen molar-refractivity contribution < 1.29 is 13.2 Å². The van der Waals surface area contributed by atoms with Gasteiger partial charge in [-0.25, -0.2) is 13.1 Å². The number of aromatic nitrogens is 1. The predicted molar refractivity (Wildman–Crippen MR) is 126 cm³/mol. The summed E-state index contributed by atoms with van der Waals surface area (Å²) in [7, 11) is -3.69. The molecular formula is C24H34N4O3S. The second kappa shape index (κ2) is 10.1. The quantitative estimate of drug-likeness (QED) is 0.690. The molecule has 1 aliphatic rings. The molecule has 1 aromatic heterocycles. The number of nitrogens with one attached hydrogen (secondary N) is 1. The monoisotopic (exact) mass is 458 g/mol. The molecule has 1 aliphatic heterocycles. The Bertz CT molecular complexity index is 1050. The normalized spacial score (nSPS) is 15.2. The van der Waals surface area contributed by atoms with Crippen molar-refractivity contribution in [3.63, 3.8) is 0 Å². The van der Waals surface area contributed by atoms with Crippen molar-refractivity contribution in [1.29, 1.82) is 0 Å². The summed E-state index contributed by atoms with van der Waals surface area (Å²) in [6, 6.07) is 4.01. The van der Waals surface area contributed by atoms with E-state index in [0.717, 1.165) is 47.5 Å². The van der Waals surface area contributed by atoms with Crippen LogP contribution in [0.1, 0.15) is 39.8 Å². The summed E-state index contributed by atoms with van der Waals surface area (Å²) < 4.78 is 28.7. The SMILES string of the molecule is Cc1c(C)c(C)c(S(=O)(=O)NCCC(=O)N2CCN(Cc3ccncc3)CC2)c(C)c1C. The fourth-order valence-corrected chi connectivity index (χ4v) is 5.92. The molecular weight excluding hydrogens is 424 g/mol. The second-order valence-electron chi connectivity index (χ2n) is 8.61. The van der Waals surface area contributed by atoms with Gasteiger partial charge < -0.3 is 4.90 Å². The van der Waals surface area contributed by atoms with Crippen LogP contribution in [0.15, 0.2) is 29.4 Å². The molecule has 7 nitrogen and oxygen atoms in total. The molecule has 1 aromatic carbocycles. The van der Waals surface area contributed by atoms with Gasteiger partial charge in [-0.3, -0.25) is 14.7 Å². The third-order valence-corrected chi connectivity index (χ3v) is 8.45. The Labute approximate surface area is 191 Å². The van der Waals surface area contributed by atoms with E-state index in [4.69, 9.17) is 0 Å². The van der Waals surface area contributed by atoms with Crippen LogP contribution in [0.3, 0.4) is 0 Å². The molecule has 1 saturated heterocycles. The molecule has 0 spiro atoms. The number of hydrogen-bond donors (Lipinski definition) is 1. The average Bonchev–Trinajstić information content (AvgIpc) is 2.77. The van der Waals surface area contributed by atoms with E-state index in [0.29, 0.717) is 18.0 Å². The topological polar surface area (TPSA) is 82.6 Å². The van der Waals surface area contributed by atoms with Crippen molar-refractivity contribution >= 4 is 15.9 Å². The molecule has 1 fully saturated rings. The van der Waals surface area contributed by atoms with Crippen LogP contribution in [0.4, 0.5) is 0 Å². The zero-order valence-corrected chi connectivity index (χ0v) is 20.6. The first kappa shape index (κ1) is 24.4. The highest BCUT2D eigenvalue weighted by Gasteiger charge is 2.25. The molecule has 174 valence electrons. The highest BCUT2D eigenvalue weighted by molar-refractivity contribution is 7.89. The number of rotatable bonds is 7. The lowest BCUT2D eigenvalue weighted by Gasteiger charge is -2.34. The van der Waals surface area contributed by atoms with Crippen molar-refractivity contribution in [2.75, 3.05) is 32.7 Å². The van der Waals surface area contributed by atoms with Gasteiger partial charge in [0.2, 0.25) is 15.9 Å². The van der Waals surface area contributed by atoms with Gasteiger partial charge in [-0.05, 0) is 80.1 Å². The summed E-state index contributed by atoms with van der Waals surface area (Å²) in [6.45, 7) is 13.5. The molecule has 0 aliphatic carbocycles. The summed E-state index contributed by atoms with van der Waals surface area (Å²) >= 11 is 0. The van der Waals surface area contributed by atoms with Crippen molar-refractivity contribution in [3.05, 3.63) is 57.9 Å². The highest BCUT2D eigenvalue weighted by atomic mass is 32.2. The third-order valence-electron chi connectivity index (χ3n) is 6.71. The summed E-state index contributed by atoms with van der Waals surface area (Å²) in [5, 5.41) is 0. The van der Waals surface area contributed by atoms with Crippen LogP contribution in [0.5, 0.6) is 0 Å². The van der Waals surface area contributed by atoms with Gasteiger partial charge in [0.15, 0.2) is 0 Å². The van der Waals surface area contributed by atoms with Crippen LogP contribution in [0, 0.1) is 34.6 Å². The predicted octanol–water partition coefficient (Wildman–Crippen LogP) is 2.64. The summed E-state index contributed by atoms with van der Waals surface area (Å²) in [6.07, 6.45) is 3.74. The largest absolute Gasteiger partial charge is 0.340 e. The standard InChI is InChI=1S/C24H34N4O3S/c1-17-18(2)20(4)24(21(5)19(17)3)32(30,31)26-11-8-23(29)28-14-12-27(13-15-28)16-22-6-9-25-10-7-22/h6-7,9-10,26H,8,11-16H2,1-5H3. The molecule has 1 amide bonds. The van der Waals surface area contributed by atoms with Gasteiger partial charge in [-0.15, -0.1) is 0 Å². The minimum absolute atomic E-state index is 0.0130. The Morgan fingerprint density at radius 1 is 0.906 bits per heavy atom. The van der Waals surface area contributed by atoms with Gasteiger partial charge in [0.05, 0.1) is 4.90 Å². The van der Waals surface area contributed by atoms with E-state index in [1.54, 1.807) is 12.4 Å². The van der Waals surface area contributed by atoms with Crippen LogP contribution >= 0.6 is 0 Å². The lowest BCUT2D eigenvalue weighted by molar-refractivity contribution is -0.132. The van der Waals surface area contributed by atoms with E-state index >= 15 is 0 Å². The summed E-state index contributed by atoms with van der Waals surface area (Å²) in [5.41, 5.74) is 5.87. The molecule has 1 N–H and O–H groups in total. The Kier molecular flexibility index (Phi) is 7.69. The number of nitrogens with zero attached hydrogens (tertiary/aromatic N) is 3. The molecule has 32 heavy (non-hydrogen) atoms. The average molecular weight is 459 g/mol. The number of carbonyl (C=O) groups is 1. The van der Waals surface area contributed by atoms with E-state index < -0.39 is 10.0 Å². The lowest BCUT2D eigenvalue weighted by atomic mass is 9.95. The fourth-order valence-electron chi connectivity index (χ4n) is 4.29. The lowest BCUT2D eigenvalue weighted by Crippen LogP contribution is -2.48. The van der Waals surface area contributed by atoms with Crippen molar-refractivity contribution in [2.45, 2.75) is 52.5 Å². The van der Waals surface area contributed by atoms with Crippen LogP contribution in [0.25, 0.3) is 0 Å². The van der Waals surface area contributed by atoms with E-state index in [1.807, 2.05) is 51.7 Å². The number of pyridine rings is 1. The Morgan fingerprint density at radius 2 is 1.44 bits per heavy atom. The molecule has 2 aromatic rings. The van der Waals surface area contributed by atoms with Crippen LogP contribution in [0.2, 0.25) is 0 Å². The maximum absolute atomic E-state index is 13.0. The first-order chi connectivity index (χ1) is 15.1. The molecule has 0 atom stereocenters. The number of carbonyl (C=O) groups excluding carboxylic acids is 1. The van der Waals surface area contributed by atoms with Crippen molar-refractivity contribution in [1.82, 2.24) is 19.5 Å². The first-order valence-electron chi connectivity index (χ1n) is 11.1. The number of benzene rings is 1. The maximum atomic E-state index is 13.0. The molecule has 0 unspecified atom stereocenters. The summed E-state index contributed by atoms with van der Waals surface area (Å²) in [5.74, 6) is -0.0130. The van der Waals surface area contributed by atoms with E-state index in [-0.39, 0.29) is 18.9 Å². The van der Waals surface area contributed by atoms with Crippen molar-refractivity contribution in [3.8, 4) is 0 Å². The minimum Gasteiger partial charge on any atom is -0.340 e. The zero-order chi connectivity index (χ0) is 23.5. The van der Waals surface area contributed by atoms with Crippen molar-refractivity contribution in [2.24, 2.45) is 0 Å². The number of piperazine rings is 1. The summed E-state index contributed by atoms with van der Waals surface area (Å²) in [4.78, 5) is 21.2. The maximum Gasteiger partial charge on any atom is 0.241 e. The van der Waals surface area contributed by atoms with E-state index in [9.17, 15) is 13.2 Å². The number of amides is 1. The van der Waals surface area contributed by atoms with E-state index in [2.05, 4.69) is 14.6 Å². The molecule has 0 saturated carbocycles. The highest BCUT2D eigenvalue weighted by Crippen LogP contribution is 2.29. The molecule has 2 heterocycles. The van der Waals surface area contributed by atoms with Gasteiger partial charge in [0.1, 0.15) is 0 Å².